The Bertz CT molecular complexity index is 911. The summed E-state index contributed by atoms with van der Waals surface area (Å²) in [4.78, 5) is 10.2. The maximum absolute atomic E-state index is 10.7. The predicted octanol–water partition coefficient (Wildman–Crippen LogP) is 2.33. The van der Waals surface area contributed by atoms with Gasteiger partial charge in [0.15, 0.2) is 5.82 Å². The molecule has 0 aromatic carbocycles. The van der Waals surface area contributed by atoms with E-state index in [1.807, 2.05) is 13.8 Å². The third-order valence-electron chi connectivity index (χ3n) is 3.17. The highest BCUT2D eigenvalue weighted by atomic mass is 32.2. The van der Waals surface area contributed by atoms with Crippen molar-refractivity contribution in [3.05, 3.63) is 52.0 Å². The van der Waals surface area contributed by atoms with Crippen LogP contribution in [0, 0.1) is 17.0 Å². The van der Waals surface area contributed by atoms with Crippen LogP contribution >= 0.6 is 11.8 Å². The number of thioether (sulfide) groups is 1. The largest absolute Gasteiger partial charge is 0.458 e. The molecule has 0 radical (unpaired) electrons. The molecule has 3 heterocycles. The lowest BCUT2D eigenvalue weighted by Gasteiger charge is -1.99. The van der Waals surface area contributed by atoms with Crippen LogP contribution in [0.5, 0.6) is 0 Å². The lowest BCUT2D eigenvalue weighted by molar-refractivity contribution is -0.385. The smallest absolute Gasteiger partial charge is 0.307 e. The second kappa shape index (κ2) is 7.30. The fourth-order valence-corrected chi connectivity index (χ4v) is 2.71. The minimum atomic E-state index is -0.489. The third-order valence-corrected chi connectivity index (χ3v) is 3.97. The Hall–Kier alpha value is -2.95. The van der Waals surface area contributed by atoms with Crippen LogP contribution < -0.4 is 0 Å². The molecular formula is C14H15N7O3S. The lowest BCUT2D eigenvalue weighted by Crippen LogP contribution is -1.98. The summed E-state index contributed by atoms with van der Waals surface area (Å²) in [6, 6.07) is 3.54. The standard InChI is InChI=1S/C14H15N7O3S/c1-3-25-14-18-17-10(2)20(14)16-7-12-4-5-13(24-12)9-19-8-11(6-15-19)21(22)23/h4-8H,3,9H2,1-2H3/b16-7+. The Morgan fingerprint density at radius 3 is 3.00 bits per heavy atom. The van der Waals surface area contributed by atoms with Gasteiger partial charge in [0.2, 0.25) is 5.16 Å². The van der Waals surface area contributed by atoms with E-state index >= 15 is 0 Å². The Labute approximate surface area is 146 Å². The molecule has 10 nitrogen and oxygen atoms in total. The van der Waals surface area contributed by atoms with Crippen molar-refractivity contribution in [3.63, 3.8) is 0 Å². The summed E-state index contributed by atoms with van der Waals surface area (Å²) in [5.41, 5.74) is -0.0580. The highest BCUT2D eigenvalue weighted by Gasteiger charge is 2.11. The van der Waals surface area contributed by atoms with E-state index in [2.05, 4.69) is 20.4 Å². The molecule has 0 bridgehead atoms. The zero-order valence-corrected chi connectivity index (χ0v) is 14.4. The van der Waals surface area contributed by atoms with Crippen LogP contribution in [-0.4, -0.2) is 41.5 Å². The van der Waals surface area contributed by atoms with E-state index in [-0.39, 0.29) is 5.69 Å². The number of furan rings is 1. The zero-order valence-electron chi connectivity index (χ0n) is 13.6. The second-order valence-electron chi connectivity index (χ2n) is 4.98. The van der Waals surface area contributed by atoms with Crippen molar-refractivity contribution in [1.29, 1.82) is 0 Å². The van der Waals surface area contributed by atoms with Gasteiger partial charge in [0.25, 0.3) is 0 Å². The molecule has 0 aliphatic heterocycles. The SMILES string of the molecule is CCSc1nnc(C)n1/N=C/c1ccc(Cn2cc([N+](=O)[O-])cn2)o1. The summed E-state index contributed by atoms with van der Waals surface area (Å²) in [5, 5.41) is 27.7. The van der Waals surface area contributed by atoms with E-state index in [0.29, 0.717) is 29.0 Å². The molecule has 3 aromatic rings. The number of aromatic nitrogens is 5. The van der Waals surface area contributed by atoms with Crippen molar-refractivity contribution >= 4 is 23.7 Å². The minimum Gasteiger partial charge on any atom is -0.458 e. The Morgan fingerprint density at radius 1 is 1.44 bits per heavy atom. The van der Waals surface area contributed by atoms with Gasteiger partial charge in [-0.1, -0.05) is 18.7 Å². The van der Waals surface area contributed by atoms with Crippen LogP contribution in [0.1, 0.15) is 24.3 Å². The number of nitro groups is 1. The molecule has 0 saturated heterocycles. The summed E-state index contributed by atoms with van der Waals surface area (Å²) >= 11 is 1.55. The monoisotopic (exact) mass is 361 g/mol. The molecule has 0 N–H and O–H groups in total. The predicted molar refractivity (Wildman–Crippen MR) is 90.8 cm³/mol. The number of hydrogen-bond acceptors (Lipinski definition) is 8. The maximum atomic E-state index is 10.7. The molecule has 3 aromatic heterocycles. The fourth-order valence-electron chi connectivity index (χ4n) is 2.05. The Kier molecular flexibility index (Phi) is 4.93. The molecule has 0 aliphatic rings. The molecular weight excluding hydrogens is 346 g/mol. The minimum absolute atomic E-state index is 0.0580. The summed E-state index contributed by atoms with van der Waals surface area (Å²) in [7, 11) is 0. The van der Waals surface area contributed by atoms with Crippen LogP contribution in [-0.2, 0) is 6.54 Å². The van der Waals surface area contributed by atoms with Gasteiger partial charge in [0.1, 0.15) is 23.9 Å². The molecule has 25 heavy (non-hydrogen) atoms. The van der Waals surface area contributed by atoms with E-state index < -0.39 is 4.92 Å². The molecule has 0 amide bonds. The van der Waals surface area contributed by atoms with Crippen molar-refractivity contribution in [2.45, 2.75) is 25.5 Å². The van der Waals surface area contributed by atoms with Crippen LogP contribution in [0.25, 0.3) is 0 Å². The van der Waals surface area contributed by atoms with E-state index in [0.717, 1.165) is 5.75 Å². The molecule has 0 unspecified atom stereocenters. The van der Waals surface area contributed by atoms with Crippen molar-refractivity contribution in [2.75, 3.05) is 5.75 Å². The average Bonchev–Trinajstić information content (AvgIpc) is 3.29. The van der Waals surface area contributed by atoms with Gasteiger partial charge in [-0.25, -0.2) is 0 Å². The van der Waals surface area contributed by atoms with Crippen molar-refractivity contribution in [2.24, 2.45) is 5.10 Å². The average molecular weight is 361 g/mol. The fraction of sp³-hybridized carbons (Fsp3) is 0.286. The van der Waals surface area contributed by atoms with Gasteiger partial charge in [-0.15, -0.1) is 10.2 Å². The molecule has 0 spiro atoms. The lowest BCUT2D eigenvalue weighted by atomic mass is 10.4. The normalized spacial score (nSPS) is 11.4. The number of hydrogen-bond donors (Lipinski definition) is 0. The quantitative estimate of drug-likeness (QED) is 0.274. The maximum Gasteiger partial charge on any atom is 0.307 e. The molecule has 3 rings (SSSR count). The zero-order chi connectivity index (χ0) is 17.8. The summed E-state index contributed by atoms with van der Waals surface area (Å²) in [6.07, 6.45) is 4.13. The van der Waals surface area contributed by atoms with Gasteiger partial charge in [0, 0.05) is 0 Å². The van der Waals surface area contributed by atoms with Gasteiger partial charge in [-0.05, 0) is 24.8 Å². The van der Waals surface area contributed by atoms with Crippen LogP contribution in [0.4, 0.5) is 5.69 Å². The summed E-state index contributed by atoms with van der Waals surface area (Å²) in [6.45, 7) is 4.15. The summed E-state index contributed by atoms with van der Waals surface area (Å²) in [5.74, 6) is 2.72. The molecule has 0 saturated carbocycles. The highest BCUT2D eigenvalue weighted by Crippen LogP contribution is 2.16. The molecule has 0 aliphatic carbocycles. The van der Waals surface area contributed by atoms with Crippen molar-refractivity contribution < 1.29 is 9.34 Å². The molecule has 0 atom stereocenters. The third kappa shape index (κ3) is 3.94. The number of aryl methyl sites for hydroxylation is 1. The van der Waals surface area contributed by atoms with Crippen LogP contribution in [0.15, 0.2) is 39.2 Å². The van der Waals surface area contributed by atoms with E-state index in [1.165, 1.54) is 17.1 Å². The van der Waals surface area contributed by atoms with Crippen LogP contribution in [0.2, 0.25) is 0 Å². The first-order chi connectivity index (χ1) is 12.1. The first-order valence-corrected chi connectivity index (χ1v) is 8.40. The van der Waals surface area contributed by atoms with E-state index in [1.54, 1.807) is 34.8 Å². The van der Waals surface area contributed by atoms with Crippen molar-refractivity contribution in [3.8, 4) is 0 Å². The first-order valence-electron chi connectivity index (χ1n) is 7.41. The van der Waals surface area contributed by atoms with Gasteiger partial charge in [-0.3, -0.25) is 14.8 Å². The van der Waals surface area contributed by atoms with E-state index in [9.17, 15) is 10.1 Å². The molecule has 130 valence electrons. The van der Waals surface area contributed by atoms with Crippen LogP contribution in [0.3, 0.4) is 0 Å². The van der Waals surface area contributed by atoms with Gasteiger partial charge in [0.05, 0.1) is 17.7 Å². The first kappa shape index (κ1) is 16.9. The Morgan fingerprint density at radius 2 is 2.28 bits per heavy atom. The Balaban J connectivity index is 1.71. The van der Waals surface area contributed by atoms with Gasteiger partial charge in [-0.2, -0.15) is 14.9 Å². The number of rotatable bonds is 7. The number of nitrogens with zero attached hydrogens (tertiary/aromatic N) is 7. The summed E-state index contributed by atoms with van der Waals surface area (Å²) < 4.78 is 8.74. The molecule has 0 fully saturated rings. The van der Waals surface area contributed by atoms with E-state index in [4.69, 9.17) is 4.42 Å². The highest BCUT2D eigenvalue weighted by molar-refractivity contribution is 7.99. The van der Waals surface area contributed by atoms with Gasteiger partial charge < -0.3 is 4.42 Å². The second-order valence-corrected chi connectivity index (χ2v) is 6.21. The topological polar surface area (TPSA) is 117 Å². The van der Waals surface area contributed by atoms with Gasteiger partial charge >= 0.3 is 5.69 Å². The van der Waals surface area contributed by atoms with Crippen molar-refractivity contribution in [1.82, 2.24) is 24.7 Å². The molecule has 11 heteroatoms.